The summed E-state index contributed by atoms with van der Waals surface area (Å²) in [5, 5.41) is 5.86. The van der Waals surface area contributed by atoms with E-state index in [1.165, 1.54) is 0 Å². The molecule has 2 aromatic rings. The van der Waals surface area contributed by atoms with Gasteiger partial charge in [0.05, 0.1) is 13.1 Å². The van der Waals surface area contributed by atoms with E-state index in [1.54, 1.807) is 48.5 Å². The van der Waals surface area contributed by atoms with E-state index in [0.717, 1.165) is 0 Å². The second-order valence-electron chi connectivity index (χ2n) is 4.70. The van der Waals surface area contributed by atoms with Gasteiger partial charge < -0.3 is 15.4 Å². The van der Waals surface area contributed by atoms with Crippen molar-refractivity contribution in [3.63, 3.8) is 0 Å². The van der Waals surface area contributed by atoms with E-state index < -0.39 is 0 Å². The average molecular weight is 333 g/mol. The first kappa shape index (κ1) is 16.8. The minimum absolute atomic E-state index is 0.0747. The van der Waals surface area contributed by atoms with Crippen LogP contribution < -0.4 is 15.4 Å². The number of hydrogen-bond acceptors (Lipinski definition) is 3. The van der Waals surface area contributed by atoms with Crippen molar-refractivity contribution in [3.05, 3.63) is 65.2 Å². The fourth-order valence-electron chi connectivity index (χ4n) is 1.80. The molecule has 2 aromatic carbocycles. The normalized spacial score (nSPS) is 9.96. The molecule has 0 radical (unpaired) electrons. The van der Waals surface area contributed by atoms with Crippen molar-refractivity contribution in [1.82, 2.24) is 10.6 Å². The van der Waals surface area contributed by atoms with Gasteiger partial charge in [0.1, 0.15) is 12.4 Å². The van der Waals surface area contributed by atoms with Crippen LogP contribution >= 0.6 is 11.6 Å². The summed E-state index contributed by atoms with van der Waals surface area (Å²) >= 11 is 5.77. The van der Waals surface area contributed by atoms with Gasteiger partial charge in [-0.2, -0.15) is 0 Å². The highest BCUT2D eigenvalue weighted by Gasteiger charge is 2.06. The Bertz CT molecular complexity index is 645. The van der Waals surface area contributed by atoms with Crippen LogP contribution in [0, 0.1) is 0 Å². The molecule has 0 aromatic heterocycles. The summed E-state index contributed by atoms with van der Waals surface area (Å²) in [4.78, 5) is 23.4. The zero-order chi connectivity index (χ0) is 16.5. The average Bonchev–Trinajstić information content (AvgIpc) is 2.59. The van der Waals surface area contributed by atoms with E-state index >= 15 is 0 Å². The molecule has 2 rings (SSSR count). The quantitative estimate of drug-likeness (QED) is 0.764. The number of amides is 2. The van der Waals surface area contributed by atoms with Gasteiger partial charge in [-0.15, -0.1) is 0 Å². The first-order chi connectivity index (χ1) is 11.1. The molecule has 2 N–H and O–H groups in total. The predicted octanol–water partition coefficient (Wildman–Crippen LogP) is 2.27. The number of rotatable bonds is 7. The van der Waals surface area contributed by atoms with Gasteiger partial charge in [-0.25, -0.2) is 0 Å². The Morgan fingerprint density at radius 2 is 1.65 bits per heavy atom. The van der Waals surface area contributed by atoms with Gasteiger partial charge in [0, 0.05) is 10.6 Å². The van der Waals surface area contributed by atoms with Gasteiger partial charge in [-0.05, 0) is 36.4 Å². The van der Waals surface area contributed by atoms with E-state index in [9.17, 15) is 9.59 Å². The molecule has 0 bridgehead atoms. The molecule has 6 heteroatoms. The molecule has 0 saturated heterocycles. The van der Waals surface area contributed by atoms with E-state index in [0.29, 0.717) is 29.5 Å². The van der Waals surface area contributed by atoms with E-state index in [-0.39, 0.29) is 18.4 Å². The van der Waals surface area contributed by atoms with Crippen LogP contribution in [0.1, 0.15) is 10.4 Å². The van der Waals surface area contributed by atoms with Crippen molar-refractivity contribution in [2.24, 2.45) is 0 Å². The Kier molecular flexibility index (Phi) is 6.44. The second-order valence-corrected chi connectivity index (χ2v) is 5.14. The fraction of sp³-hybridized carbons (Fsp3) is 0.176. The van der Waals surface area contributed by atoms with Crippen LogP contribution in [-0.4, -0.2) is 31.5 Å². The van der Waals surface area contributed by atoms with Crippen LogP contribution in [0.25, 0.3) is 0 Å². The van der Waals surface area contributed by atoms with Gasteiger partial charge in [0.25, 0.3) is 5.91 Å². The van der Waals surface area contributed by atoms with Crippen LogP contribution in [0.4, 0.5) is 0 Å². The molecule has 2 amide bonds. The lowest BCUT2D eigenvalue weighted by atomic mass is 10.2. The van der Waals surface area contributed by atoms with Crippen LogP contribution in [-0.2, 0) is 4.79 Å². The van der Waals surface area contributed by atoms with Gasteiger partial charge in [0.15, 0.2) is 0 Å². The van der Waals surface area contributed by atoms with Crippen LogP contribution in [0.2, 0.25) is 5.02 Å². The molecular weight excluding hydrogens is 316 g/mol. The zero-order valence-electron chi connectivity index (χ0n) is 12.4. The molecule has 5 nitrogen and oxygen atoms in total. The topological polar surface area (TPSA) is 67.4 Å². The summed E-state index contributed by atoms with van der Waals surface area (Å²) in [5.74, 6) is 0.133. The maximum Gasteiger partial charge on any atom is 0.251 e. The first-order valence-corrected chi connectivity index (χ1v) is 7.51. The summed E-state index contributed by atoms with van der Waals surface area (Å²) in [6, 6.07) is 15.7. The molecule has 0 fully saturated rings. The standard InChI is InChI=1S/C17H17ClN2O3/c18-14-6-8-15(9-7-14)23-11-10-19-16(21)12-20-17(22)13-4-2-1-3-5-13/h1-9H,10-12H2,(H,19,21)(H,20,22). The van der Waals surface area contributed by atoms with Crippen LogP contribution in [0.15, 0.2) is 54.6 Å². The SMILES string of the molecule is O=C(CNC(=O)c1ccccc1)NCCOc1ccc(Cl)cc1. The smallest absolute Gasteiger partial charge is 0.251 e. The number of nitrogens with one attached hydrogen (secondary N) is 2. The van der Waals surface area contributed by atoms with Crippen molar-refractivity contribution >= 4 is 23.4 Å². The third kappa shape index (κ3) is 6.00. The highest BCUT2D eigenvalue weighted by atomic mass is 35.5. The Morgan fingerprint density at radius 3 is 2.35 bits per heavy atom. The molecule has 0 aliphatic carbocycles. The Morgan fingerprint density at radius 1 is 0.957 bits per heavy atom. The highest BCUT2D eigenvalue weighted by Crippen LogP contribution is 2.14. The predicted molar refractivity (Wildman–Crippen MR) is 88.7 cm³/mol. The van der Waals surface area contributed by atoms with Crippen molar-refractivity contribution in [2.45, 2.75) is 0 Å². The monoisotopic (exact) mass is 332 g/mol. The van der Waals surface area contributed by atoms with Crippen molar-refractivity contribution in [2.75, 3.05) is 19.7 Å². The molecule has 0 atom stereocenters. The summed E-state index contributed by atoms with van der Waals surface area (Å²) in [6.45, 7) is 0.608. The van der Waals surface area contributed by atoms with Gasteiger partial charge >= 0.3 is 0 Å². The number of carbonyl (C=O) groups is 2. The Hall–Kier alpha value is -2.53. The lowest BCUT2D eigenvalue weighted by Gasteiger charge is -2.08. The molecule has 0 spiro atoms. The lowest BCUT2D eigenvalue weighted by Crippen LogP contribution is -2.38. The van der Waals surface area contributed by atoms with Gasteiger partial charge in [-0.3, -0.25) is 9.59 Å². The van der Waals surface area contributed by atoms with Gasteiger partial charge in [0.2, 0.25) is 5.91 Å². The second kappa shape index (κ2) is 8.80. The van der Waals surface area contributed by atoms with Crippen LogP contribution in [0.5, 0.6) is 5.75 Å². The minimum atomic E-state index is -0.279. The molecule has 0 unspecified atom stereocenters. The largest absolute Gasteiger partial charge is 0.492 e. The summed E-state index contributed by atoms with van der Waals surface area (Å²) in [5.41, 5.74) is 0.520. The van der Waals surface area contributed by atoms with Crippen molar-refractivity contribution in [1.29, 1.82) is 0 Å². The fourth-order valence-corrected chi connectivity index (χ4v) is 1.93. The number of carbonyl (C=O) groups excluding carboxylic acids is 2. The molecular formula is C17H17ClN2O3. The first-order valence-electron chi connectivity index (χ1n) is 7.13. The number of benzene rings is 2. The summed E-state index contributed by atoms with van der Waals surface area (Å²) in [7, 11) is 0. The lowest BCUT2D eigenvalue weighted by molar-refractivity contribution is -0.120. The third-order valence-electron chi connectivity index (χ3n) is 2.95. The third-order valence-corrected chi connectivity index (χ3v) is 3.20. The number of ether oxygens (including phenoxy) is 1. The van der Waals surface area contributed by atoms with Crippen LogP contribution in [0.3, 0.4) is 0 Å². The van der Waals surface area contributed by atoms with E-state index in [1.807, 2.05) is 6.07 Å². The van der Waals surface area contributed by atoms with Gasteiger partial charge in [-0.1, -0.05) is 29.8 Å². The van der Waals surface area contributed by atoms with Crippen molar-refractivity contribution < 1.29 is 14.3 Å². The zero-order valence-corrected chi connectivity index (χ0v) is 13.2. The number of hydrogen-bond donors (Lipinski definition) is 2. The highest BCUT2D eigenvalue weighted by molar-refractivity contribution is 6.30. The Balaban J connectivity index is 1.62. The summed E-state index contributed by atoms with van der Waals surface area (Å²) < 4.78 is 5.45. The molecule has 0 aliphatic heterocycles. The maximum absolute atomic E-state index is 11.8. The molecule has 23 heavy (non-hydrogen) atoms. The molecule has 0 saturated carbocycles. The molecule has 0 heterocycles. The number of halogens is 1. The minimum Gasteiger partial charge on any atom is -0.492 e. The van der Waals surface area contributed by atoms with Crippen molar-refractivity contribution in [3.8, 4) is 5.75 Å². The van der Waals surface area contributed by atoms with E-state index in [4.69, 9.17) is 16.3 Å². The maximum atomic E-state index is 11.8. The summed E-state index contributed by atoms with van der Waals surface area (Å²) in [6.07, 6.45) is 0. The molecule has 120 valence electrons. The molecule has 0 aliphatic rings. The Labute approximate surface area is 139 Å². The van der Waals surface area contributed by atoms with E-state index in [2.05, 4.69) is 10.6 Å².